The molecule has 3 heteroatoms. The van der Waals surface area contributed by atoms with Crippen LogP contribution >= 0.6 is 23.1 Å². The molecule has 1 aromatic carbocycles. The zero-order valence-electron chi connectivity index (χ0n) is 11.0. The first-order valence-corrected chi connectivity index (χ1v) is 7.92. The number of hydrogen-bond donors (Lipinski definition) is 1. The molecule has 2 N–H and O–H groups in total. The van der Waals surface area contributed by atoms with Gasteiger partial charge in [0.2, 0.25) is 0 Å². The highest BCUT2D eigenvalue weighted by Crippen LogP contribution is 2.39. The van der Waals surface area contributed by atoms with Crippen molar-refractivity contribution in [2.24, 2.45) is 5.73 Å². The van der Waals surface area contributed by atoms with E-state index in [4.69, 9.17) is 5.73 Å². The van der Waals surface area contributed by atoms with Crippen LogP contribution in [-0.2, 0) is 0 Å². The Morgan fingerprint density at radius 1 is 1.22 bits per heavy atom. The van der Waals surface area contributed by atoms with Gasteiger partial charge in [0.1, 0.15) is 0 Å². The summed E-state index contributed by atoms with van der Waals surface area (Å²) < 4.78 is 0. The van der Waals surface area contributed by atoms with Crippen molar-refractivity contribution in [1.82, 2.24) is 0 Å². The zero-order valence-corrected chi connectivity index (χ0v) is 12.6. The number of hydrogen-bond acceptors (Lipinski definition) is 3. The SMILES string of the molecule is Cc1ccc(C)c(SC(c2ccsc2)C(C)N)c1. The minimum atomic E-state index is 0.143. The van der Waals surface area contributed by atoms with Gasteiger partial charge in [-0.3, -0.25) is 0 Å². The fourth-order valence-electron chi connectivity index (χ4n) is 1.89. The van der Waals surface area contributed by atoms with Crippen LogP contribution < -0.4 is 5.73 Å². The Balaban J connectivity index is 2.27. The van der Waals surface area contributed by atoms with Crippen molar-refractivity contribution >= 4 is 23.1 Å². The van der Waals surface area contributed by atoms with Crippen LogP contribution in [0.4, 0.5) is 0 Å². The number of thiophene rings is 1. The lowest BCUT2D eigenvalue weighted by atomic mass is 10.1. The first-order valence-electron chi connectivity index (χ1n) is 6.09. The van der Waals surface area contributed by atoms with Crippen LogP contribution in [0.15, 0.2) is 39.9 Å². The summed E-state index contributed by atoms with van der Waals surface area (Å²) in [5.74, 6) is 0. The average Bonchev–Trinajstić information content (AvgIpc) is 2.83. The molecule has 1 heterocycles. The fraction of sp³-hybridized carbons (Fsp3) is 0.333. The summed E-state index contributed by atoms with van der Waals surface area (Å²) in [6, 6.07) is 8.91. The van der Waals surface area contributed by atoms with E-state index in [0.29, 0.717) is 5.25 Å². The molecule has 18 heavy (non-hydrogen) atoms. The molecule has 0 fully saturated rings. The topological polar surface area (TPSA) is 26.0 Å². The molecule has 1 aromatic heterocycles. The van der Waals surface area contributed by atoms with Crippen LogP contribution in [0.5, 0.6) is 0 Å². The molecule has 0 bridgehead atoms. The molecule has 0 spiro atoms. The monoisotopic (exact) mass is 277 g/mol. The summed E-state index contributed by atoms with van der Waals surface area (Å²) in [6.07, 6.45) is 0. The second-order valence-corrected chi connectivity index (χ2v) is 6.69. The molecule has 96 valence electrons. The van der Waals surface area contributed by atoms with Gasteiger partial charge in [0.05, 0.1) is 5.25 Å². The predicted molar refractivity (Wildman–Crippen MR) is 82.5 cm³/mol. The van der Waals surface area contributed by atoms with Gasteiger partial charge >= 0.3 is 0 Å². The molecular formula is C15H19NS2. The number of rotatable bonds is 4. The first kappa shape index (κ1) is 13.7. The minimum Gasteiger partial charge on any atom is -0.327 e. The van der Waals surface area contributed by atoms with Crippen LogP contribution in [-0.4, -0.2) is 6.04 Å². The maximum absolute atomic E-state index is 6.15. The van der Waals surface area contributed by atoms with Gasteiger partial charge in [-0.2, -0.15) is 11.3 Å². The maximum atomic E-state index is 6.15. The Hall–Kier alpha value is -0.770. The molecule has 0 aliphatic heterocycles. The molecule has 2 atom stereocenters. The standard InChI is InChI=1S/C15H19NS2/c1-10-4-5-11(2)14(8-10)18-15(12(3)16)13-6-7-17-9-13/h4-9,12,15H,16H2,1-3H3. The fourth-order valence-corrected chi connectivity index (χ4v) is 3.95. The third kappa shape index (κ3) is 3.16. The molecule has 2 unspecified atom stereocenters. The van der Waals surface area contributed by atoms with Gasteiger partial charge in [0.15, 0.2) is 0 Å². The van der Waals surface area contributed by atoms with Crippen molar-refractivity contribution in [3.05, 3.63) is 51.7 Å². The van der Waals surface area contributed by atoms with Gasteiger partial charge in [-0.1, -0.05) is 17.7 Å². The largest absolute Gasteiger partial charge is 0.327 e. The lowest BCUT2D eigenvalue weighted by Gasteiger charge is -2.20. The highest BCUT2D eigenvalue weighted by atomic mass is 32.2. The first-order chi connectivity index (χ1) is 8.58. The van der Waals surface area contributed by atoms with Gasteiger partial charge in [0.25, 0.3) is 0 Å². The molecule has 0 aliphatic carbocycles. The predicted octanol–water partition coefficient (Wildman–Crippen LogP) is 4.55. The van der Waals surface area contributed by atoms with E-state index >= 15 is 0 Å². The van der Waals surface area contributed by atoms with Crippen LogP contribution in [0.1, 0.15) is 28.9 Å². The molecule has 0 saturated heterocycles. The molecule has 0 amide bonds. The number of aryl methyl sites for hydroxylation is 2. The van der Waals surface area contributed by atoms with E-state index in [0.717, 1.165) is 0 Å². The van der Waals surface area contributed by atoms with Crippen molar-refractivity contribution in [2.45, 2.75) is 37.0 Å². The van der Waals surface area contributed by atoms with E-state index in [1.54, 1.807) is 11.3 Å². The van der Waals surface area contributed by atoms with Crippen molar-refractivity contribution in [2.75, 3.05) is 0 Å². The molecule has 1 nitrogen and oxygen atoms in total. The van der Waals surface area contributed by atoms with Gasteiger partial charge in [-0.15, -0.1) is 11.8 Å². The Labute approximate surface area is 117 Å². The molecule has 2 rings (SSSR count). The van der Waals surface area contributed by atoms with Crippen LogP contribution in [0.3, 0.4) is 0 Å². The number of thioether (sulfide) groups is 1. The summed E-state index contributed by atoms with van der Waals surface area (Å²) in [5.41, 5.74) is 10.1. The van der Waals surface area contributed by atoms with Crippen LogP contribution in [0.2, 0.25) is 0 Å². The van der Waals surface area contributed by atoms with Gasteiger partial charge in [-0.25, -0.2) is 0 Å². The number of nitrogens with two attached hydrogens (primary N) is 1. The molecule has 0 radical (unpaired) electrons. The molecule has 0 aliphatic rings. The quantitative estimate of drug-likeness (QED) is 0.830. The summed E-state index contributed by atoms with van der Waals surface area (Å²) >= 11 is 3.61. The van der Waals surface area contributed by atoms with E-state index in [9.17, 15) is 0 Å². The summed E-state index contributed by atoms with van der Waals surface area (Å²) in [7, 11) is 0. The van der Waals surface area contributed by atoms with E-state index < -0.39 is 0 Å². The highest BCUT2D eigenvalue weighted by Gasteiger charge is 2.19. The lowest BCUT2D eigenvalue weighted by molar-refractivity contribution is 0.723. The normalized spacial score (nSPS) is 14.4. The maximum Gasteiger partial charge on any atom is 0.0501 e. The summed E-state index contributed by atoms with van der Waals surface area (Å²) in [4.78, 5) is 1.34. The summed E-state index contributed by atoms with van der Waals surface area (Å²) in [6.45, 7) is 6.38. The second-order valence-electron chi connectivity index (χ2n) is 4.72. The van der Waals surface area contributed by atoms with E-state index in [-0.39, 0.29) is 6.04 Å². The average molecular weight is 277 g/mol. The molecule has 0 saturated carbocycles. The van der Waals surface area contributed by atoms with Crippen molar-refractivity contribution in [3.63, 3.8) is 0 Å². The van der Waals surface area contributed by atoms with Gasteiger partial charge in [0, 0.05) is 10.9 Å². The van der Waals surface area contributed by atoms with Gasteiger partial charge in [-0.05, 0) is 54.8 Å². The highest BCUT2D eigenvalue weighted by molar-refractivity contribution is 7.99. The van der Waals surface area contributed by atoms with E-state index in [2.05, 4.69) is 55.8 Å². The third-order valence-corrected chi connectivity index (χ3v) is 5.30. The molecule has 2 aromatic rings. The Morgan fingerprint density at radius 3 is 2.61 bits per heavy atom. The Bertz CT molecular complexity index is 503. The van der Waals surface area contributed by atoms with Crippen LogP contribution in [0, 0.1) is 13.8 Å². The zero-order chi connectivity index (χ0) is 13.1. The van der Waals surface area contributed by atoms with E-state index in [1.165, 1.54) is 21.6 Å². The van der Waals surface area contributed by atoms with Crippen molar-refractivity contribution < 1.29 is 0 Å². The van der Waals surface area contributed by atoms with Crippen molar-refractivity contribution in [1.29, 1.82) is 0 Å². The minimum absolute atomic E-state index is 0.143. The van der Waals surface area contributed by atoms with Crippen LogP contribution in [0.25, 0.3) is 0 Å². The lowest BCUT2D eigenvalue weighted by Crippen LogP contribution is -2.22. The summed E-state index contributed by atoms with van der Waals surface area (Å²) in [5, 5.41) is 4.65. The number of benzene rings is 1. The second kappa shape index (κ2) is 5.91. The Morgan fingerprint density at radius 2 is 2.00 bits per heavy atom. The third-order valence-electron chi connectivity index (χ3n) is 2.95. The smallest absolute Gasteiger partial charge is 0.0501 e. The molecular weight excluding hydrogens is 258 g/mol. The van der Waals surface area contributed by atoms with Gasteiger partial charge < -0.3 is 5.73 Å². The Kier molecular flexibility index (Phi) is 4.49. The van der Waals surface area contributed by atoms with Crippen molar-refractivity contribution in [3.8, 4) is 0 Å². The van der Waals surface area contributed by atoms with E-state index in [1.807, 2.05) is 11.8 Å².